The summed E-state index contributed by atoms with van der Waals surface area (Å²) < 4.78 is 0. The fourth-order valence-electron chi connectivity index (χ4n) is 3.38. The molecule has 0 unspecified atom stereocenters. The predicted molar refractivity (Wildman–Crippen MR) is 110 cm³/mol. The van der Waals surface area contributed by atoms with Crippen LogP contribution in [0.25, 0.3) is 11.0 Å². The molecule has 1 aliphatic heterocycles. The summed E-state index contributed by atoms with van der Waals surface area (Å²) in [6, 6.07) is 13.5. The molecule has 0 radical (unpaired) electrons. The highest BCUT2D eigenvalue weighted by atomic mass is 16.2. The Bertz CT molecular complexity index is 994. The molecule has 0 saturated carbocycles. The second-order valence-electron chi connectivity index (χ2n) is 6.99. The first-order chi connectivity index (χ1) is 13.6. The lowest BCUT2D eigenvalue weighted by molar-refractivity contribution is -0.116. The Morgan fingerprint density at radius 1 is 1.25 bits per heavy atom. The van der Waals surface area contributed by atoms with Gasteiger partial charge in [-0.2, -0.15) is 0 Å². The number of hydrogen-bond donors (Lipinski definition) is 3. The molecule has 144 valence electrons. The number of carbonyl (C=O) groups excluding carboxylic acids is 2. The molecule has 1 aromatic heterocycles. The van der Waals surface area contributed by atoms with Gasteiger partial charge in [0.15, 0.2) is 0 Å². The van der Waals surface area contributed by atoms with E-state index in [4.69, 9.17) is 0 Å². The SMILES string of the molecule is Cc1ccc(N2CCNC2=O)cc1NC(=O)CCCc1nc2ccccc2[nH]1. The van der Waals surface area contributed by atoms with E-state index in [9.17, 15) is 9.59 Å². The summed E-state index contributed by atoms with van der Waals surface area (Å²) >= 11 is 0. The molecule has 3 amide bonds. The van der Waals surface area contributed by atoms with E-state index in [0.29, 0.717) is 25.9 Å². The summed E-state index contributed by atoms with van der Waals surface area (Å²) in [5.41, 5.74) is 4.46. The number of amides is 3. The van der Waals surface area contributed by atoms with Crippen LogP contribution in [0.2, 0.25) is 0 Å². The molecular formula is C21H23N5O2. The van der Waals surface area contributed by atoms with Crippen molar-refractivity contribution in [2.45, 2.75) is 26.2 Å². The zero-order chi connectivity index (χ0) is 19.5. The monoisotopic (exact) mass is 377 g/mol. The number of imidazole rings is 1. The molecule has 0 spiro atoms. The Hall–Kier alpha value is -3.35. The van der Waals surface area contributed by atoms with Crippen molar-refractivity contribution < 1.29 is 9.59 Å². The summed E-state index contributed by atoms with van der Waals surface area (Å²) in [4.78, 5) is 33.7. The molecule has 4 rings (SSSR count). The van der Waals surface area contributed by atoms with Crippen LogP contribution < -0.4 is 15.5 Å². The van der Waals surface area contributed by atoms with Crippen LogP contribution in [-0.4, -0.2) is 35.0 Å². The molecule has 0 atom stereocenters. The lowest BCUT2D eigenvalue weighted by Crippen LogP contribution is -2.27. The Morgan fingerprint density at radius 2 is 2.11 bits per heavy atom. The Morgan fingerprint density at radius 3 is 2.89 bits per heavy atom. The van der Waals surface area contributed by atoms with Crippen molar-refractivity contribution in [2.75, 3.05) is 23.3 Å². The number of aryl methyl sites for hydroxylation is 2. The molecule has 1 aliphatic rings. The number of nitrogens with zero attached hydrogens (tertiary/aromatic N) is 2. The van der Waals surface area contributed by atoms with Crippen molar-refractivity contribution in [3.05, 3.63) is 53.9 Å². The van der Waals surface area contributed by atoms with Gasteiger partial charge in [-0.3, -0.25) is 9.69 Å². The van der Waals surface area contributed by atoms with E-state index in [1.54, 1.807) is 4.90 Å². The normalized spacial score (nSPS) is 13.8. The average molecular weight is 377 g/mol. The number of benzene rings is 2. The van der Waals surface area contributed by atoms with E-state index in [0.717, 1.165) is 40.2 Å². The lowest BCUT2D eigenvalue weighted by atomic mass is 10.1. The van der Waals surface area contributed by atoms with Crippen LogP contribution in [-0.2, 0) is 11.2 Å². The molecule has 7 nitrogen and oxygen atoms in total. The minimum atomic E-state index is -0.105. The van der Waals surface area contributed by atoms with Gasteiger partial charge in [-0.25, -0.2) is 9.78 Å². The number of aromatic amines is 1. The summed E-state index contributed by atoms with van der Waals surface area (Å²) in [5, 5.41) is 5.76. The number of carbonyl (C=O) groups is 2. The van der Waals surface area contributed by atoms with E-state index in [2.05, 4.69) is 20.6 Å². The van der Waals surface area contributed by atoms with Crippen molar-refractivity contribution in [1.82, 2.24) is 15.3 Å². The van der Waals surface area contributed by atoms with Crippen LogP contribution in [0.5, 0.6) is 0 Å². The maximum Gasteiger partial charge on any atom is 0.321 e. The molecule has 1 saturated heterocycles. The third-order valence-corrected chi connectivity index (χ3v) is 4.92. The average Bonchev–Trinajstić information content (AvgIpc) is 3.29. The molecule has 0 bridgehead atoms. The molecule has 3 aromatic rings. The summed E-state index contributed by atoms with van der Waals surface area (Å²) in [5.74, 6) is 0.856. The quantitative estimate of drug-likeness (QED) is 0.615. The zero-order valence-electron chi connectivity index (χ0n) is 15.8. The molecule has 1 fully saturated rings. The van der Waals surface area contributed by atoms with Gasteiger partial charge in [0, 0.05) is 37.3 Å². The fraction of sp³-hybridized carbons (Fsp3) is 0.286. The first-order valence-corrected chi connectivity index (χ1v) is 9.49. The third kappa shape index (κ3) is 3.83. The van der Waals surface area contributed by atoms with Gasteiger partial charge in [0.25, 0.3) is 0 Å². The van der Waals surface area contributed by atoms with E-state index in [1.807, 2.05) is 49.4 Å². The molecule has 0 aliphatic carbocycles. The molecule has 3 N–H and O–H groups in total. The predicted octanol–water partition coefficient (Wildman–Crippen LogP) is 3.36. The maximum absolute atomic E-state index is 12.4. The van der Waals surface area contributed by atoms with Gasteiger partial charge < -0.3 is 15.6 Å². The van der Waals surface area contributed by atoms with Crippen molar-refractivity contribution in [3.63, 3.8) is 0 Å². The smallest absolute Gasteiger partial charge is 0.321 e. The van der Waals surface area contributed by atoms with Gasteiger partial charge in [0.05, 0.1) is 11.0 Å². The molecule has 2 heterocycles. The van der Waals surface area contributed by atoms with Gasteiger partial charge in [0.1, 0.15) is 5.82 Å². The van der Waals surface area contributed by atoms with Crippen LogP contribution in [0.15, 0.2) is 42.5 Å². The fourth-order valence-corrected chi connectivity index (χ4v) is 3.38. The highest BCUT2D eigenvalue weighted by Crippen LogP contribution is 2.25. The largest absolute Gasteiger partial charge is 0.342 e. The van der Waals surface area contributed by atoms with Crippen molar-refractivity contribution in [3.8, 4) is 0 Å². The number of hydrogen-bond acceptors (Lipinski definition) is 3. The van der Waals surface area contributed by atoms with E-state index in [1.165, 1.54) is 0 Å². The number of aromatic nitrogens is 2. The van der Waals surface area contributed by atoms with Crippen LogP contribution in [0.3, 0.4) is 0 Å². The Balaban J connectivity index is 1.34. The lowest BCUT2D eigenvalue weighted by Gasteiger charge is -2.17. The van der Waals surface area contributed by atoms with Crippen LogP contribution in [0.1, 0.15) is 24.2 Å². The maximum atomic E-state index is 12.4. The minimum absolute atomic E-state index is 0.0396. The number of fused-ring (bicyclic) bond motifs is 1. The highest BCUT2D eigenvalue weighted by molar-refractivity contribution is 5.96. The van der Waals surface area contributed by atoms with Crippen LogP contribution >= 0.6 is 0 Å². The van der Waals surface area contributed by atoms with Crippen LogP contribution in [0, 0.1) is 6.92 Å². The molecular weight excluding hydrogens is 354 g/mol. The first-order valence-electron chi connectivity index (χ1n) is 9.49. The van der Waals surface area contributed by atoms with Crippen molar-refractivity contribution in [2.24, 2.45) is 0 Å². The van der Waals surface area contributed by atoms with Gasteiger partial charge in [0.2, 0.25) is 5.91 Å². The first kappa shape index (κ1) is 18.0. The number of urea groups is 1. The van der Waals surface area contributed by atoms with E-state index in [-0.39, 0.29) is 11.9 Å². The summed E-state index contributed by atoms with van der Waals surface area (Å²) in [6.07, 6.45) is 1.83. The topological polar surface area (TPSA) is 90.1 Å². The number of nitrogens with one attached hydrogen (secondary N) is 3. The van der Waals surface area contributed by atoms with Gasteiger partial charge >= 0.3 is 6.03 Å². The van der Waals surface area contributed by atoms with Gasteiger partial charge in [-0.05, 0) is 43.2 Å². The number of anilines is 2. The Labute approximate surface area is 163 Å². The van der Waals surface area contributed by atoms with Crippen molar-refractivity contribution >= 4 is 34.3 Å². The highest BCUT2D eigenvalue weighted by Gasteiger charge is 2.21. The zero-order valence-corrected chi connectivity index (χ0v) is 15.8. The number of rotatable bonds is 6. The van der Waals surface area contributed by atoms with Crippen molar-refractivity contribution in [1.29, 1.82) is 0 Å². The molecule has 28 heavy (non-hydrogen) atoms. The minimum Gasteiger partial charge on any atom is -0.342 e. The van der Waals surface area contributed by atoms with Gasteiger partial charge in [-0.15, -0.1) is 0 Å². The van der Waals surface area contributed by atoms with Crippen LogP contribution in [0.4, 0.5) is 16.2 Å². The standard InChI is InChI=1S/C21H23N5O2/c1-14-9-10-15(26-12-11-22-21(26)28)13-18(14)25-20(27)8-4-7-19-23-16-5-2-3-6-17(16)24-19/h2-3,5-6,9-10,13H,4,7-8,11-12H2,1H3,(H,22,28)(H,23,24)(H,25,27). The third-order valence-electron chi connectivity index (χ3n) is 4.92. The number of para-hydroxylation sites is 2. The molecule has 7 heteroatoms. The second-order valence-corrected chi connectivity index (χ2v) is 6.99. The van der Waals surface area contributed by atoms with Gasteiger partial charge in [-0.1, -0.05) is 18.2 Å². The summed E-state index contributed by atoms with van der Waals surface area (Å²) in [6.45, 7) is 3.21. The number of H-pyrrole nitrogens is 1. The molecule has 2 aromatic carbocycles. The Kier molecular flexibility index (Phi) is 4.97. The summed E-state index contributed by atoms with van der Waals surface area (Å²) in [7, 11) is 0. The second kappa shape index (κ2) is 7.72. The van der Waals surface area contributed by atoms with E-state index < -0.39 is 0 Å². The van der Waals surface area contributed by atoms with E-state index >= 15 is 0 Å².